The summed E-state index contributed by atoms with van der Waals surface area (Å²) in [4.78, 5) is 25.1. The molecule has 1 heterocycles. The van der Waals surface area contributed by atoms with Gasteiger partial charge in [0.25, 0.3) is 5.91 Å². The number of anilines is 1. The largest absolute Gasteiger partial charge is 0.506 e. The molecule has 0 aliphatic heterocycles. The molecule has 3 rings (SSSR count). The van der Waals surface area contributed by atoms with Crippen molar-refractivity contribution in [1.82, 2.24) is 5.32 Å². The van der Waals surface area contributed by atoms with E-state index < -0.39 is 17.9 Å². The van der Waals surface area contributed by atoms with E-state index in [0.717, 1.165) is 5.56 Å². The number of aromatic hydroxyl groups is 1. The topological polar surface area (TPSA) is 91.6 Å². The Morgan fingerprint density at radius 1 is 1.07 bits per heavy atom. The smallest absolute Gasteiger partial charge is 0.287 e. The second kappa shape index (κ2) is 8.42. The highest BCUT2D eigenvalue weighted by Crippen LogP contribution is 2.26. The van der Waals surface area contributed by atoms with E-state index >= 15 is 0 Å². The number of amides is 2. The van der Waals surface area contributed by atoms with Gasteiger partial charge < -0.3 is 20.2 Å². The fourth-order valence-corrected chi connectivity index (χ4v) is 2.69. The van der Waals surface area contributed by atoms with Crippen molar-refractivity contribution in [3.63, 3.8) is 0 Å². The van der Waals surface area contributed by atoms with Gasteiger partial charge in [0.15, 0.2) is 5.76 Å². The molecule has 0 saturated carbocycles. The van der Waals surface area contributed by atoms with Crippen LogP contribution in [0.5, 0.6) is 5.75 Å². The third kappa shape index (κ3) is 4.89. The third-order valence-electron chi connectivity index (χ3n) is 3.86. The number of phenolic OH excluding ortho intramolecular Hbond substituents is 1. The maximum absolute atomic E-state index is 12.8. The lowest BCUT2D eigenvalue weighted by Crippen LogP contribution is -2.45. The van der Waals surface area contributed by atoms with E-state index in [1.165, 1.54) is 30.5 Å². The number of nitrogens with one attached hydrogen (secondary N) is 2. The van der Waals surface area contributed by atoms with Gasteiger partial charge in [-0.1, -0.05) is 41.9 Å². The summed E-state index contributed by atoms with van der Waals surface area (Å²) in [5, 5.41) is 15.0. The number of halogens is 1. The number of hydrogen-bond acceptors (Lipinski definition) is 4. The van der Waals surface area contributed by atoms with E-state index in [0.29, 0.717) is 12.1 Å². The standard InChI is InChI=1S/C20H17ClN2O4/c21-15-12-14(8-9-17(15)24)22-19(25)16(11-13-5-2-1-3-6-13)23-20(26)18-7-4-10-27-18/h1-10,12,16,24H,11H2,(H,22,25)(H,23,26)/t16-/m1/s1. The van der Waals surface area contributed by atoms with Crippen molar-refractivity contribution in [3.05, 3.63) is 83.3 Å². The summed E-state index contributed by atoms with van der Waals surface area (Å²) < 4.78 is 5.08. The Morgan fingerprint density at radius 3 is 2.52 bits per heavy atom. The van der Waals surface area contributed by atoms with Gasteiger partial charge >= 0.3 is 0 Å². The van der Waals surface area contributed by atoms with E-state index in [9.17, 15) is 14.7 Å². The number of carbonyl (C=O) groups excluding carboxylic acids is 2. The van der Waals surface area contributed by atoms with Crippen molar-refractivity contribution in [2.45, 2.75) is 12.5 Å². The zero-order chi connectivity index (χ0) is 19.2. The lowest BCUT2D eigenvalue weighted by molar-refractivity contribution is -0.118. The summed E-state index contributed by atoms with van der Waals surface area (Å²) in [5.41, 5.74) is 1.30. The highest BCUT2D eigenvalue weighted by atomic mass is 35.5. The summed E-state index contributed by atoms with van der Waals surface area (Å²) >= 11 is 5.88. The number of rotatable bonds is 6. The highest BCUT2D eigenvalue weighted by molar-refractivity contribution is 6.32. The lowest BCUT2D eigenvalue weighted by Gasteiger charge is -2.18. The molecule has 3 aromatic rings. The Kier molecular flexibility index (Phi) is 5.78. The lowest BCUT2D eigenvalue weighted by atomic mass is 10.0. The second-order valence-electron chi connectivity index (χ2n) is 5.85. The predicted molar refractivity (Wildman–Crippen MR) is 102 cm³/mol. The maximum Gasteiger partial charge on any atom is 0.287 e. The Morgan fingerprint density at radius 2 is 1.85 bits per heavy atom. The molecule has 0 spiro atoms. The quantitative estimate of drug-likeness (QED) is 0.566. The van der Waals surface area contributed by atoms with Crippen LogP contribution in [0.4, 0.5) is 5.69 Å². The monoisotopic (exact) mass is 384 g/mol. The summed E-state index contributed by atoms with van der Waals surface area (Å²) in [7, 11) is 0. The van der Waals surface area contributed by atoms with Gasteiger partial charge in [0, 0.05) is 12.1 Å². The van der Waals surface area contributed by atoms with Crippen LogP contribution in [-0.4, -0.2) is 23.0 Å². The molecule has 0 saturated heterocycles. The van der Waals surface area contributed by atoms with Crippen molar-refractivity contribution in [3.8, 4) is 5.75 Å². The molecule has 7 heteroatoms. The molecule has 0 aliphatic carbocycles. The molecule has 138 valence electrons. The molecule has 1 atom stereocenters. The van der Waals surface area contributed by atoms with Crippen molar-refractivity contribution >= 4 is 29.1 Å². The minimum atomic E-state index is -0.836. The second-order valence-corrected chi connectivity index (χ2v) is 6.26. The van der Waals surface area contributed by atoms with E-state index in [1.54, 1.807) is 6.07 Å². The predicted octanol–water partition coefficient (Wildman–Crippen LogP) is 3.62. The maximum atomic E-state index is 12.8. The van der Waals surface area contributed by atoms with Crippen LogP contribution in [0.1, 0.15) is 16.1 Å². The molecule has 2 amide bonds. The first-order chi connectivity index (χ1) is 13.0. The van der Waals surface area contributed by atoms with Gasteiger partial charge in [-0.25, -0.2) is 0 Å². The molecule has 6 nitrogen and oxygen atoms in total. The van der Waals surface area contributed by atoms with Crippen molar-refractivity contribution in [2.24, 2.45) is 0 Å². The van der Waals surface area contributed by atoms with Crippen molar-refractivity contribution in [1.29, 1.82) is 0 Å². The van der Waals surface area contributed by atoms with Crippen molar-refractivity contribution < 1.29 is 19.1 Å². The minimum Gasteiger partial charge on any atom is -0.506 e. The van der Waals surface area contributed by atoms with Crippen LogP contribution in [0.3, 0.4) is 0 Å². The van der Waals surface area contributed by atoms with Gasteiger partial charge in [0.05, 0.1) is 11.3 Å². The third-order valence-corrected chi connectivity index (χ3v) is 4.17. The zero-order valence-electron chi connectivity index (χ0n) is 14.2. The van der Waals surface area contributed by atoms with Gasteiger partial charge in [0.2, 0.25) is 5.91 Å². The van der Waals surface area contributed by atoms with Gasteiger partial charge in [-0.3, -0.25) is 9.59 Å². The van der Waals surface area contributed by atoms with E-state index in [1.807, 2.05) is 30.3 Å². The molecule has 27 heavy (non-hydrogen) atoms. The van der Waals surface area contributed by atoms with Crippen LogP contribution in [-0.2, 0) is 11.2 Å². The first kappa shape index (κ1) is 18.5. The average Bonchev–Trinajstić information content (AvgIpc) is 3.20. The summed E-state index contributed by atoms with van der Waals surface area (Å²) in [6.45, 7) is 0. The SMILES string of the molecule is O=C(N[C@H](Cc1ccccc1)C(=O)Nc1ccc(O)c(Cl)c1)c1ccco1. The van der Waals surface area contributed by atoms with Crippen molar-refractivity contribution in [2.75, 3.05) is 5.32 Å². The molecular weight excluding hydrogens is 368 g/mol. The number of phenols is 1. The summed E-state index contributed by atoms with van der Waals surface area (Å²) in [6.07, 6.45) is 1.69. The Balaban J connectivity index is 1.77. The molecule has 0 aliphatic rings. The summed E-state index contributed by atoms with van der Waals surface area (Å²) in [6, 6.07) is 16.0. The van der Waals surface area contributed by atoms with E-state index in [4.69, 9.17) is 16.0 Å². The van der Waals surface area contributed by atoms with Gasteiger partial charge in [0.1, 0.15) is 11.8 Å². The zero-order valence-corrected chi connectivity index (χ0v) is 14.9. The first-order valence-electron chi connectivity index (χ1n) is 8.20. The Labute approximate surface area is 160 Å². The number of furan rings is 1. The molecule has 0 radical (unpaired) electrons. The van der Waals surface area contributed by atoms with Crippen LogP contribution < -0.4 is 10.6 Å². The molecule has 0 bridgehead atoms. The number of hydrogen-bond donors (Lipinski definition) is 3. The fraction of sp³-hybridized carbons (Fsp3) is 0.100. The number of benzene rings is 2. The molecule has 0 fully saturated rings. The van der Waals surface area contributed by atoms with Gasteiger partial charge in [-0.15, -0.1) is 0 Å². The molecule has 3 N–H and O–H groups in total. The molecule has 1 aromatic heterocycles. The minimum absolute atomic E-state index is 0.0818. The van der Waals surface area contributed by atoms with Crippen LogP contribution in [0, 0.1) is 0 Å². The van der Waals surface area contributed by atoms with Gasteiger partial charge in [-0.05, 0) is 35.9 Å². The summed E-state index contributed by atoms with van der Waals surface area (Å²) in [5.74, 6) is -0.865. The number of carbonyl (C=O) groups is 2. The van der Waals surface area contributed by atoms with Crippen LogP contribution in [0.25, 0.3) is 0 Å². The van der Waals surface area contributed by atoms with E-state index in [2.05, 4.69) is 10.6 Å². The van der Waals surface area contributed by atoms with Crippen LogP contribution >= 0.6 is 11.6 Å². The normalized spacial score (nSPS) is 11.6. The average molecular weight is 385 g/mol. The molecule has 2 aromatic carbocycles. The molecule has 0 unspecified atom stereocenters. The highest BCUT2D eigenvalue weighted by Gasteiger charge is 2.23. The van der Waals surface area contributed by atoms with Gasteiger partial charge in [-0.2, -0.15) is 0 Å². The van der Waals surface area contributed by atoms with Crippen LogP contribution in [0.2, 0.25) is 5.02 Å². The van der Waals surface area contributed by atoms with Crippen LogP contribution in [0.15, 0.2) is 71.3 Å². The first-order valence-corrected chi connectivity index (χ1v) is 8.58. The Bertz CT molecular complexity index is 926. The fourth-order valence-electron chi connectivity index (χ4n) is 2.51. The van der Waals surface area contributed by atoms with E-state index in [-0.39, 0.29) is 16.5 Å². The Hall–Kier alpha value is -3.25. The molecular formula is C20H17ClN2O4.